The van der Waals surface area contributed by atoms with E-state index in [0.29, 0.717) is 10.2 Å². The van der Waals surface area contributed by atoms with Gasteiger partial charge in [0, 0.05) is 15.1 Å². The highest BCUT2D eigenvalue weighted by molar-refractivity contribution is 9.10. The molecule has 0 unspecified atom stereocenters. The van der Waals surface area contributed by atoms with E-state index in [9.17, 15) is 8.42 Å². The summed E-state index contributed by atoms with van der Waals surface area (Å²) in [6.45, 7) is 0.150. The van der Waals surface area contributed by atoms with E-state index < -0.39 is 10.0 Å². The SMILES string of the molecule is NS(=O)(=O)c1cc(Br)ccc1OCc1ccc(Br)cn1. The van der Waals surface area contributed by atoms with Crippen molar-refractivity contribution in [3.8, 4) is 5.75 Å². The van der Waals surface area contributed by atoms with Gasteiger partial charge < -0.3 is 4.74 Å². The Hall–Kier alpha value is -0.960. The van der Waals surface area contributed by atoms with Crippen molar-refractivity contribution in [2.24, 2.45) is 5.14 Å². The van der Waals surface area contributed by atoms with Crippen LogP contribution in [0.3, 0.4) is 0 Å². The maximum atomic E-state index is 11.5. The van der Waals surface area contributed by atoms with Crippen molar-refractivity contribution in [3.05, 3.63) is 51.2 Å². The summed E-state index contributed by atoms with van der Waals surface area (Å²) < 4.78 is 30.0. The van der Waals surface area contributed by atoms with Gasteiger partial charge in [-0.05, 0) is 46.3 Å². The van der Waals surface area contributed by atoms with Gasteiger partial charge in [-0.25, -0.2) is 13.6 Å². The average Bonchev–Trinajstić information content (AvgIpc) is 2.38. The fourth-order valence-electron chi connectivity index (χ4n) is 1.47. The van der Waals surface area contributed by atoms with Crippen molar-refractivity contribution >= 4 is 41.9 Å². The van der Waals surface area contributed by atoms with Gasteiger partial charge in [-0.1, -0.05) is 15.9 Å². The fourth-order valence-corrected chi connectivity index (χ4v) is 2.91. The van der Waals surface area contributed by atoms with Crippen LogP contribution in [-0.4, -0.2) is 13.4 Å². The molecule has 0 aliphatic rings. The Labute approximate surface area is 133 Å². The summed E-state index contributed by atoms with van der Waals surface area (Å²) in [5.41, 5.74) is 0.677. The smallest absolute Gasteiger partial charge is 0.241 e. The van der Waals surface area contributed by atoms with E-state index >= 15 is 0 Å². The van der Waals surface area contributed by atoms with Gasteiger partial charge in [0.05, 0.1) is 5.69 Å². The van der Waals surface area contributed by atoms with Gasteiger partial charge in [0.15, 0.2) is 0 Å². The third-order valence-electron chi connectivity index (χ3n) is 2.38. The van der Waals surface area contributed by atoms with E-state index in [-0.39, 0.29) is 17.3 Å². The topological polar surface area (TPSA) is 82.3 Å². The second-order valence-electron chi connectivity index (χ2n) is 3.89. The Morgan fingerprint density at radius 3 is 2.45 bits per heavy atom. The highest BCUT2D eigenvalue weighted by atomic mass is 79.9. The molecule has 0 aliphatic heterocycles. The quantitative estimate of drug-likeness (QED) is 0.822. The summed E-state index contributed by atoms with van der Waals surface area (Å²) in [6.07, 6.45) is 1.64. The Morgan fingerprint density at radius 2 is 1.85 bits per heavy atom. The van der Waals surface area contributed by atoms with Crippen molar-refractivity contribution in [2.75, 3.05) is 0 Å². The lowest BCUT2D eigenvalue weighted by molar-refractivity contribution is 0.293. The van der Waals surface area contributed by atoms with Crippen LogP contribution < -0.4 is 9.88 Å². The molecule has 8 heteroatoms. The molecule has 1 aromatic carbocycles. The molecule has 2 aromatic rings. The Kier molecular flexibility index (Phi) is 4.79. The predicted octanol–water partition coefficient (Wildman–Crippen LogP) is 2.83. The van der Waals surface area contributed by atoms with Gasteiger partial charge in [0.2, 0.25) is 10.0 Å². The molecular formula is C12H10Br2N2O3S. The number of sulfonamides is 1. The molecule has 106 valence electrons. The van der Waals surface area contributed by atoms with Crippen molar-refractivity contribution < 1.29 is 13.2 Å². The van der Waals surface area contributed by atoms with Crippen LogP contribution in [0.2, 0.25) is 0 Å². The lowest BCUT2D eigenvalue weighted by Crippen LogP contribution is -2.14. The third kappa shape index (κ3) is 4.02. The lowest BCUT2D eigenvalue weighted by Gasteiger charge is -2.10. The minimum atomic E-state index is -3.85. The first-order chi connectivity index (χ1) is 9.36. The first-order valence-electron chi connectivity index (χ1n) is 5.42. The number of pyridine rings is 1. The zero-order valence-electron chi connectivity index (χ0n) is 10.1. The maximum absolute atomic E-state index is 11.5. The predicted molar refractivity (Wildman–Crippen MR) is 81.8 cm³/mol. The van der Waals surface area contributed by atoms with E-state index in [1.807, 2.05) is 6.07 Å². The fraction of sp³-hybridized carbons (Fsp3) is 0.0833. The second kappa shape index (κ2) is 6.21. The van der Waals surface area contributed by atoms with Gasteiger partial charge >= 0.3 is 0 Å². The third-order valence-corrected chi connectivity index (χ3v) is 4.27. The summed E-state index contributed by atoms with van der Waals surface area (Å²) in [5.74, 6) is 0.195. The van der Waals surface area contributed by atoms with Crippen LogP contribution >= 0.6 is 31.9 Å². The number of primary sulfonamides is 1. The number of hydrogen-bond acceptors (Lipinski definition) is 4. The van der Waals surface area contributed by atoms with Crippen molar-refractivity contribution in [3.63, 3.8) is 0 Å². The maximum Gasteiger partial charge on any atom is 0.241 e. The number of ether oxygens (including phenoxy) is 1. The highest BCUT2D eigenvalue weighted by Crippen LogP contribution is 2.27. The van der Waals surface area contributed by atoms with Gasteiger partial charge in [0.25, 0.3) is 0 Å². The van der Waals surface area contributed by atoms with Crippen molar-refractivity contribution in [2.45, 2.75) is 11.5 Å². The van der Waals surface area contributed by atoms with Gasteiger partial charge in [-0.3, -0.25) is 4.98 Å². The zero-order valence-corrected chi connectivity index (χ0v) is 14.1. The number of halogens is 2. The summed E-state index contributed by atoms with van der Waals surface area (Å²) in [7, 11) is -3.85. The Morgan fingerprint density at radius 1 is 1.15 bits per heavy atom. The van der Waals surface area contributed by atoms with E-state index in [2.05, 4.69) is 36.8 Å². The van der Waals surface area contributed by atoms with Gasteiger partial charge in [-0.2, -0.15) is 0 Å². The standard InChI is InChI=1S/C12H10Br2N2O3S/c13-8-2-4-11(12(5-8)20(15,17)18)19-7-10-3-1-9(14)6-16-10/h1-6H,7H2,(H2,15,17,18). The second-order valence-corrected chi connectivity index (χ2v) is 7.25. The van der Waals surface area contributed by atoms with E-state index in [1.54, 1.807) is 24.4 Å². The number of rotatable bonds is 4. The molecule has 1 heterocycles. The van der Waals surface area contributed by atoms with Crippen molar-refractivity contribution in [1.29, 1.82) is 0 Å². The first-order valence-corrected chi connectivity index (χ1v) is 8.55. The summed E-state index contributed by atoms with van der Waals surface area (Å²) in [6, 6.07) is 8.23. The molecule has 2 rings (SSSR count). The highest BCUT2D eigenvalue weighted by Gasteiger charge is 2.16. The number of benzene rings is 1. The summed E-state index contributed by atoms with van der Waals surface area (Å²) >= 11 is 6.48. The Balaban J connectivity index is 2.23. The normalized spacial score (nSPS) is 11.3. The largest absolute Gasteiger partial charge is 0.486 e. The van der Waals surface area contributed by atoms with Crippen LogP contribution in [0.4, 0.5) is 0 Å². The van der Waals surface area contributed by atoms with Crippen LogP contribution in [0, 0.1) is 0 Å². The van der Waals surface area contributed by atoms with E-state index in [4.69, 9.17) is 9.88 Å². The molecule has 0 fully saturated rings. The molecule has 0 amide bonds. The van der Waals surface area contributed by atoms with Gasteiger partial charge in [-0.15, -0.1) is 0 Å². The molecule has 0 aliphatic carbocycles. The molecule has 20 heavy (non-hydrogen) atoms. The first kappa shape index (κ1) is 15.4. The van der Waals surface area contributed by atoms with Crippen LogP contribution in [-0.2, 0) is 16.6 Å². The van der Waals surface area contributed by atoms with E-state index in [1.165, 1.54) is 6.07 Å². The van der Waals surface area contributed by atoms with Crippen LogP contribution in [0.1, 0.15) is 5.69 Å². The molecule has 0 saturated heterocycles. The average molecular weight is 422 g/mol. The summed E-state index contributed by atoms with van der Waals surface area (Å²) in [4.78, 5) is 4.08. The molecule has 0 radical (unpaired) electrons. The monoisotopic (exact) mass is 420 g/mol. The number of hydrogen-bond donors (Lipinski definition) is 1. The number of aromatic nitrogens is 1. The molecule has 0 bridgehead atoms. The minimum absolute atomic E-state index is 0.0658. The zero-order chi connectivity index (χ0) is 14.8. The molecule has 1 aromatic heterocycles. The summed E-state index contributed by atoms with van der Waals surface area (Å²) in [5, 5.41) is 5.16. The molecule has 5 nitrogen and oxygen atoms in total. The van der Waals surface area contributed by atoms with Crippen molar-refractivity contribution in [1.82, 2.24) is 4.98 Å². The Bertz CT molecular complexity index is 718. The molecule has 0 spiro atoms. The molecule has 0 saturated carbocycles. The minimum Gasteiger partial charge on any atom is -0.486 e. The van der Waals surface area contributed by atoms with Crippen LogP contribution in [0.5, 0.6) is 5.75 Å². The van der Waals surface area contributed by atoms with Crippen LogP contribution in [0.25, 0.3) is 0 Å². The van der Waals surface area contributed by atoms with E-state index in [0.717, 1.165) is 4.47 Å². The molecule has 0 atom stereocenters. The molecular weight excluding hydrogens is 412 g/mol. The molecule has 2 N–H and O–H groups in total. The number of nitrogens with two attached hydrogens (primary N) is 1. The van der Waals surface area contributed by atoms with Crippen LogP contribution in [0.15, 0.2) is 50.4 Å². The van der Waals surface area contributed by atoms with Gasteiger partial charge in [0.1, 0.15) is 17.3 Å². The lowest BCUT2D eigenvalue weighted by atomic mass is 10.3. The number of nitrogens with zero attached hydrogens (tertiary/aromatic N) is 1.